The Balaban J connectivity index is 2.22. The number of rotatable bonds is 2. The van der Waals surface area contributed by atoms with Crippen molar-refractivity contribution >= 4 is 16.5 Å². The van der Waals surface area contributed by atoms with Crippen molar-refractivity contribution in [2.24, 2.45) is 0 Å². The molecule has 15 heavy (non-hydrogen) atoms. The first-order chi connectivity index (χ1) is 7.00. The lowest BCUT2D eigenvalue weighted by Crippen LogP contribution is -2.38. The molecule has 0 bridgehead atoms. The quantitative estimate of drug-likeness (QED) is 0.842. The van der Waals surface area contributed by atoms with E-state index in [1.165, 1.54) is 12.8 Å². The first-order valence-electron chi connectivity index (χ1n) is 5.42. The third kappa shape index (κ3) is 2.01. The molecule has 1 atom stereocenters. The van der Waals surface area contributed by atoms with Gasteiger partial charge in [0.2, 0.25) is 0 Å². The van der Waals surface area contributed by atoms with Crippen LogP contribution < -0.4 is 4.90 Å². The van der Waals surface area contributed by atoms with Crippen LogP contribution in [0.4, 0.5) is 5.13 Å². The SMILES string of the molecule is CC(O)c1csc(N2CCCC2(C)C)n1. The van der Waals surface area contributed by atoms with Crippen molar-refractivity contribution < 1.29 is 5.11 Å². The molecular formula is C11H18N2OS. The van der Waals surface area contributed by atoms with Gasteiger partial charge in [-0.05, 0) is 33.6 Å². The fraction of sp³-hybridized carbons (Fsp3) is 0.727. The average molecular weight is 226 g/mol. The summed E-state index contributed by atoms with van der Waals surface area (Å²) in [6.07, 6.45) is 1.99. The molecule has 3 nitrogen and oxygen atoms in total. The van der Waals surface area contributed by atoms with E-state index in [0.717, 1.165) is 17.4 Å². The van der Waals surface area contributed by atoms with Crippen molar-refractivity contribution in [3.63, 3.8) is 0 Å². The Kier molecular flexibility index (Phi) is 2.73. The predicted molar refractivity (Wildman–Crippen MR) is 63.4 cm³/mol. The molecule has 0 aromatic carbocycles. The number of anilines is 1. The highest BCUT2D eigenvalue weighted by Gasteiger charge is 2.33. The number of nitrogens with zero attached hydrogens (tertiary/aromatic N) is 2. The van der Waals surface area contributed by atoms with Gasteiger partial charge < -0.3 is 10.0 Å². The van der Waals surface area contributed by atoms with E-state index in [-0.39, 0.29) is 5.54 Å². The summed E-state index contributed by atoms with van der Waals surface area (Å²) in [4.78, 5) is 6.83. The number of aliphatic hydroxyl groups excluding tert-OH is 1. The van der Waals surface area contributed by atoms with Crippen LogP contribution >= 0.6 is 11.3 Å². The summed E-state index contributed by atoms with van der Waals surface area (Å²) in [5, 5.41) is 12.4. The van der Waals surface area contributed by atoms with Crippen LogP contribution in [-0.4, -0.2) is 22.2 Å². The Morgan fingerprint density at radius 3 is 2.80 bits per heavy atom. The van der Waals surface area contributed by atoms with Crippen LogP contribution in [-0.2, 0) is 0 Å². The lowest BCUT2D eigenvalue weighted by atomic mass is 10.0. The van der Waals surface area contributed by atoms with Crippen LogP contribution in [0.3, 0.4) is 0 Å². The topological polar surface area (TPSA) is 36.4 Å². The second-order valence-electron chi connectivity index (χ2n) is 4.80. The summed E-state index contributed by atoms with van der Waals surface area (Å²) in [6.45, 7) is 7.35. The zero-order valence-electron chi connectivity index (χ0n) is 9.53. The summed E-state index contributed by atoms with van der Waals surface area (Å²) in [5.74, 6) is 0. The minimum absolute atomic E-state index is 0.216. The molecule has 1 aliphatic rings. The van der Waals surface area contributed by atoms with E-state index >= 15 is 0 Å². The largest absolute Gasteiger partial charge is 0.387 e. The zero-order valence-corrected chi connectivity index (χ0v) is 10.3. The van der Waals surface area contributed by atoms with Crippen LogP contribution in [0.5, 0.6) is 0 Å². The second-order valence-corrected chi connectivity index (χ2v) is 5.64. The fourth-order valence-electron chi connectivity index (χ4n) is 2.05. The van der Waals surface area contributed by atoms with Crippen molar-refractivity contribution in [1.29, 1.82) is 0 Å². The molecule has 4 heteroatoms. The molecule has 1 saturated heterocycles. The highest BCUT2D eigenvalue weighted by molar-refractivity contribution is 7.13. The number of aromatic nitrogens is 1. The molecule has 1 aliphatic heterocycles. The van der Waals surface area contributed by atoms with Gasteiger partial charge in [0, 0.05) is 17.5 Å². The maximum atomic E-state index is 9.44. The molecule has 0 radical (unpaired) electrons. The van der Waals surface area contributed by atoms with E-state index in [9.17, 15) is 5.11 Å². The van der Waals surface area contributed by atoms with Gasteiger partial charge >= 0.3 is 0 Å². The molecule has 1 aromatic heterocycles. The summed E-state index contributed by atoms with van der Waals surface area (Å²) in [6, 6.07) is 0. The minimum atomic E-state index is -0.458. The second kappa shape index (κ2) is 3.76. The van der Waals surface area contributed by atoms with Gasteiger partial charge in [0.05, 0.1) is 11.8 Å². The van der Waals surface area contributed by atoms with Crippen LogP contribution in [0.1, 0.15) is 45.4 Å². The molecule has 1 unspecified atom stereocenters. The zero-order chi connectivity index (χ0) is 11.1. The van der Waals surface area contributed by atoms with Gasteiger partial charge in [-0.1, -0.05) is 0 Å². The number of aliphatic hydroxyl groups is 1. The maximum absolute atomic E-state index is 9.44. The molecule has 0 saturated carbocycles. The molecule has 1 aromatic rings. The Hall–Kier alpha value is -0.610. The predicted octanol–water partition coefficient (Wildman–Crippen LogP) is 2.58. The Morgan fingerprint density at radius 2 is 2.33 bits per heavy atom. The average Bonchev–Trinajstić information content (AvgIpc) is 2.69. The molecule has 0 aliphatic carbocycles. The lowest BCUT2D eigenvalue weighted by Gasteiger charge is -2.31. The van der Waals surface area contributed by atoms with Gasteiger partial charge in [-0.25, -0.2) is 4.98 Å². The summed E-state index contributed by atoms with van der Waals surface area (Å²) in [7, 11) is 0. The van der Waals surface area contributed by atoms with Crippen molar-refractivity contribution in [2.75, 3.05) is 11.4 Å². The van der Waals surface area contributed by atoms with E-state index in [1.54, 1.807) is 18.3 Å². The first-order valence-corrected chi connectivity index (χ1v) is 6.30. The van der Waals surface area contributed by atoms with Crippen molar-refractivity contribution in [3.8, 4) is 0 Å². The van der Waals surface area contributed by atoms with Crippen molar-refractivity contribution in [1.82, 2.24) is 4.98 Å². The minimum Gasteiger partial charge on any atom is -0.387 e. The highest BCUT2D eigenvalue weighted by Crippen LogP contribution is 2.35. The highest BCUT2D eigenvalue weighted by atomic mass is 32.1. The summed E-state index contributed by atoms with van der Waals surface area (Å²) < 4.78 is 0. The van der Waals surface area contributed by atoms with Gasteiger partial charge in [0.15, 0.2) is 5.13 Å². The maximum Gasteiger partial charge on any atom is 0.186 e. The van der Waals surface area contributed by atoms with E-state index in [4.69, 9.17) is 0 Å². The molecule has 2 rings (SSSR count). The molecule has 1 fully saturated rings. The lowest BCUT2D eigenvalue weighted by molar-refractivity contribution is 0.195. The molecule has 2 heterocycles. The third-order valence-electron chi connectivity index (χ3n) is 3.07. The van der Waals surface area contributed by atoms with Gasteiger partial charge in [0.25, 0.3) is 0 Å². The number of hydrogen-bond acceptors (Lipinski definition) is 4. The molecular weight excluding hydrogens is 208 g/mol. The summed E-state index contributed by atoms with van der Waals surface area (Å²) in [5.41, 5.74) is 1.01. The van der Waals surface area contributed by atoms with Gasteiger partial charge in [-0.2, -0.15) is 0 Å². The Labute approximate surface area is 94.8 Å². The fourth-order valence-corrected chi connectivity index (χ4v) is 3.15. The van der Waals surface area contributed by atoms with Crippen molar-refractivity contribution in [2.45, 2.75) is 45.3 Å². The van der Waals surface area contributed by atoms with Crippen LogP contribution in [0.25, 0.3) is 0 Å². The normalized spacial score (nSPS) is 22.0. The third-order valence-corrected chi connectivity index (χ3v) is 3.95. The molecule has 0 spiro atoms. The van der Waals surface area contributed by atoms with Gasteiger partial charge in [0.1, 0.15) is 0 Å². The van der Waals surface area contributed by atoms with E-state index in [2.05, 4.69) is 23.7 Å². The Morgan fingerprint density at radius 1 is 1.60 bits per heavy atom. The standard InChI is InChI=1S/C11H18N2OS/c1-8(14)9-7-15-10(12-9)13-6-4-5-11(13,2)3/h7-8,14H,4-6H2,1-3H3. The Bertz CT molecular complexity index is 346. The van der Waals surface area contributed by atoms with Gasteiger partial charge in [-0.3, -0.25) is 0 Å². The van der Waals surface area contributed by atoms with Crippen LogP contribution in [0.2, 0.25) is 0 Å². The van der Waals surface area contributed by atoms with E-state index in [1.807, 2.05) is 5.38 Å². The van der Waals surface area contributed by atoms with Gasteiger partial charge in [-0.15, -0.1) is 11.3 Å². The van der Waals surface area contributed by atoms with E-state index in [0.29, 0.717) is 0 Å². The number of hydrogen-bond donors (Lipinski definition) is 1. The summed E-state index contributed by atoms with van der Waals surface area (Å²) >= 11 is 1.63. The molecule has 0 amide bonds. The smallest absolute Gasteiger partial charge is 0.186 e. The van der Waals surface area contributed by atoms with E-state index < -0.39 is 6.10 Å². The molecule has 84 valence electrons. The first kappa shape index (κ1) is 10.9. The molecule has 1 N–H and O–H groups in total. The monoisotopic (exact) mass is 226 g/mol. The number of thiazole rings is 1. The van der Waals surface area contributed by atoms with Crippen molar-refractivity contribution in [3.05, 3.63) is 11.1 Å². The van der Waals surface area contributed by atoms with Crippen LogP contribution in [0.15, 0.2) is 5.38 Å². The van der Waals surface area contributed by atoms with Crippen LogP contribution in [0, 0.1) is 0 Å².